The molecule has 18 heavy (non-hydrogen) atoms. The summed E-state index contributed by atoms with van der Waals surface area (Å²) in [5.41, 5.74) is -0.118. The zero-order valence-corrected chi connectivity index (χ0v) is 11.3. The summed E-state index contributed by atoms with van der Waals surface area (Å²) in [6.45, 7) is 2.12. The van der Waals surface area contributed by atoms with Crippen LogP contribution >= 0.6 is 11.6 Å². The van der Waals surface area contributed by atoms with Gasteiger partial charge in [0.25, 0.3) is 0 Å². The Kier molecular flexibility index (Phi) is 6.58. The first-order valence-electron chi connectivity index (χ1n) is 6.39. The number of hydrogen-bond acceptors (Lipinski definition) is 1. The van der Waals surface area contributed by atoms with Crippen molar-refractivity contribution in [2.75, 3.05) is 0 Å². The summed E-state index contributed by atoms with van der Waals surface area (Å²) in [4.78, 5) is 0. The number of unbranched alkanes of at least 4 members (excludes halogenated alkanes) is 4. The van der Waals surface area contributed by atoms with E-state index in [1.165, 1.54) is 6.07 Å². The molecule has 102 valence electrons. The molecule has 0 spiro atoms. The molecule has 1 nitrogen and oxygen atoms in total. The van der Waals surface area contributed by atoms with Gasteiger partial charge in [0.15, 0.2) is 11.6 Å². The molecule has 1 atom stereocenters. The molecule has 1 N–H and O–H groups in total. The highest BCUT2D eigenvalue weighted by atomic mass is 35.5. The highest BCUT2D eigenvalue weighted by Crippen LogP contribution is 2.30. The van der Waals surface area contributed by atoms with E-state index in [9.17, 15) is 13.9 Å². The average Bonchev–Trinajstić information content (AvgIpc) is 2.34. The minimum atomic E-state index is -1.04. The van der Waals surface area contributed by atoms with Crippen LogP contribution in [0.25, 0.3) is 0 Å². The first-order valence-corrected chi connectivity index (χ1v) is 6.77. The summed E-state index contributed by atoms with van der Waals surface area (Å²) in [5.74, 6) is -2.01. The van der Waals surface area contributed by atoms with E-state index in [1.807, 2.05) is 0 Å². The SMILES string of the molecule is CCCCCCCC(O)c1c(Cl)ccc(F)c1F. The number of rotatable bonds is 7. The topological polar surface area (TPSA) is 20.2 Å². The van der Waals surface area contributed by atoms with Gasteiger partial charge in [-0.15, -0.1) is 0 Å². The van der Waals surface area contributed by atoms with Crippen LogP contribution in [0.2, 0.25) is 5.02 Å². The van der Waals surface area contributed by atoms with E-state index in [1.54, 1.807) is 0 Å². The molecule has 1 aromatic carbocycles. The van der Waals surface area contributed by atoms with E-state index >= 15 is 0 Å². The van der Waals surface area contributed by atoms with Crippen LogP contribution in [0.1, 0.15) is 57.1 Å². The maximum Gasteiger partial charge on any atom is 0.166 e. The normalized spacial score (nSPS) is 12.7. The fourth-order valence-corrected chi connectivity index (χ4v) is 2.21. The predicted octanol–water partition coefficient (Wildman–Crippen LogP) is 5.01. The molecule has 0 heterocycles. The maximum absolute atomic E-state index is 13.5. The third kappa shape index (κ3) is 4.21. The smallest absolute Gasteiger partial charge is 0.166 e. The molecule has 0 aromatic heterocycles. The fourth-order valence-electron chi connectivity index (χ4n) is 1.93. The van der Waals surface area contributed by atoms with E-state index in [-0.39, 0.29) is 10.6 Å². The van der Waals surface area contributed by atoms with Gasteiger partial charge in [-0.05, 0) is 18.6 Å². The van der Waals surface area contributed by atoms with Crippen molar-refractivity contribution in [1.82, 2.24) is 0 Å². The van der Waals surface area contributed by atoms with Crippen molar-refractivity contribution in [2.45, 2.75) is 51.6 Å². The summed E-state index contributed by atoms with van der Waals surface area (Å²) in [6.07, 6.45) is 4.55. The van der Waals surface area contributed by atoms with Crippen LogP contribution in [0.3, 0.4) is 0 Å². The van der Waals surface area contributed by atoms with Crippen molar-refractivity contribution in [2.24, 2.45) is 0 Å². The van der Waals surface area contributed by atoms with Crippen molar-refractivity contribution in [1.29, 1.82) is 0 Å². The molecule has 4 heteroatoms. The van der Waals surface area contributed by atoms with Crippen LogP contribution in [0.15, 0.2) is 12.1 Å². The zero-order chi connectivity index (χ0) is 13.5. The second-order valence-corrected chi connectivity index (χ2v) is 4.88. The summed E-state index contributed by atoms with van der Waals surface area (Å²) in [7, 11) is 0. The minimum Gasteiger partial charge on any atom is -0.388 e. The van der Waals surface area contributed by atoms with Gasteiger partial charge in [-0.25, -0.2) is 8.78 Å². The second-order valence-electron chi connectivity index (χ2n) is 4.48. The van der Waals surface area contributed by atoms with Crippen molar-refractivity contribution in [3.05, 3.63) is 34.4 Å². The van der Waals surface area contributed by atoms with Crippen LogP contribution in [-0.2, 0) is 0 Å². The number of hydrogen-bond donors (Lipinski definition) is 1. The number of halogens is 3. The Hall–Kier alpha value is -0.670. The molecule has 0 aliphatic heterocycles. The first kappa shape index (κ1) is 15.4. The van der Waals surface area contributed by atoms with Crippen LogP contribution in [0.5, 0.6) is 0 Å². The molecule has 0 saturated carbocycles. The van der Waals surface area contributed by atoms with Crippen molar-refractivity contribution >= 4 is 11.6 Å². The molecule has 1 aromatic rings. The summed E-state index contributed by atoms with van der Waals surface area (Å²) in [6, 6.07) is 2.24. The molecule has 0 amide bonds. The lowest BCUT2D eigenvalue weighted by Crippen LogP contribution is -2.04. The van der Waals surface area contributed by atoms with Gasteiger partial charge >= 0.3 is 0 Å². The molecule has 1 rings (SSSR count). The van der Waals surface area contributed by atoms with Gasteiger partial charge in [-0.1, -0.05) is 50.6 Å². The van der Waals surface area contributed by atoms with E-state index < -0.39 is 17.7 Å². The van der Waals surface area contributed by atoms with E-state index in [2.05, 4.69) is 6.92 Å². The van der Waals surface area contributed by atoms with Crippen LogP contribution in [0, 0.1) is 11.6 Å². The van der Waals surface area contributed by atoms with Crippen LogP contribution in [-0.4, -0.2) is 5.11 Å². The molecule has 0 radical (unpaired) electrons. The predicted molar refractivity (Wildman–Crippen MR) is 69.7 cm³/mol. The zero-order valence-electron chi connectivity index (χ0n) is 10.6. The minimum absolute atomic E-state index is 0.0787. The molecular weight excluding hydrogens is 258 g/mol. The van der Waals surface area contributed by atoms with Crippen molar-refractivity contribution < 1.29 is 13.9 Å². The third-order valence-electron chi connectivity index (χ3n) is 2.99. The maximum atomic E-state index is 13.5. The van der Waals surface area contributed by atoms with E-state index in [0.29, 0.717) is 6.42 Å². The lowest BCUT2D eigenvalue weighted by molar-refractivity contribution is 0.158. The number of aliphatic hydroxyl groups is 1. The quantitative estimate of drug-likeness (QED) is 0.548. The summed E-state index contributed by atoms with van der Waals surface area (Å²) < 4.78 is 26.6. The van der Waals surface area contributed by atoms with E-state index in [0.717, 1.165) is 38.2 Å². The van der Waals surface area contributed by atoms with Gasteiger partial charge in [-0.3, -0.25) is 0 Å². The molecule has 0 saturated heterocycles. The molecule has 0 bridgehead atoms. The van der Waals surface area contributed by atoms with Gasteiger partial charge in [0.05, 0.1) is 6.10 Å². The Balaban J connectivity index is 2.56. The Bertz CT molecular complexity index is 382. The molecular formula is C14H19ClF2O. The highest BCUT2D eigenvalue weighted by Gasteiger charge is 2.19. The van der Waals surface area contributed by atoms with Crippen molar-refractivity contribution in [3.8, 4) is 0 Å². The van der Waals surface area contributed by atoms with Gasteiger partial charge < -0.3 is 5.11 Å². The lowest BCUT2D eigenvalue weighted by Gasteiger charge is -2.13. The Morgan fingerprint density at radius 2 is 1.83 bits per heavy atom. The summed E-state index contributed by atoms with van der Waals surface area (Å²) >= 11 is 5.79. The Labute approximate surface area is 112 Å². The summed E-state index contributed by atoms with van der Waals surface area (Å²) in [5, 5.41) is 9.95. The average molecular weight is 277 g/mol. The first-order chi connectivity index (χ1) is 8.57. The number of aliphatic hydroxyl groups excluding tert-OH is 1. The Morgan fingerprint density at radius 3 is 2.50 bits per heavy atom. The molecule has 0 aliphatic rings. The van der Waals surface area contributed by atoms with Gasteiger partial charge in [0.2, 0.25) is 0 Å². The molecule has 0 fully saturated rings. The monoisotopic (exact) mass is 276 g/mol. The third-order valence-corrected chi connectivity index (χ3v) is 3.32. The number of benzene rings is 1. The van der Waals surface area contributed by atoms with Crippen molar-refractivity contribution in [3.63, 3.8) is 0 Å². The van der Waals surface area contributed by atoms with Crippen LogP contribution < -0.4 is 0 Å². The van der Waals surface area contributed by atoms with Crippen LogP contribution in [0.4, 0.5) is 8.78 Å². The molecule has 1 unspecified atom stereocenters. The second kappa shape index (κ2) is 7.70. The standard InChI is InChI=1S/C14H19ClF2O/c1-2-3-4-5-6-7-12(18)13-10(15)8-9-11(16)14(13)17/h8-9,12,18H,2-7H2,1H3. The Morgan fingerprint density at radius 1 is 1.17 bits per heavy atom. The molecule has 0 aliphatic carbocycles. The van der Waals surface area contributed by atoms with Gasteiger partial charge in [-0.2, -0.15) is 0 Å². The lowest BCUT2D eigenvalue weighted by atomic mass is 10.0. The largest absolute Gasteiger partial charge is 0.388 e. The van der Waals surface area contributed by atoms with E-state index in [4.69, 9.17) is 11.6 Å². The van der Waals surface area contributed by atoms with Gasteiger partial charge in [0, 0.05) is 10.6 Å². The fraction of sp³-hybridized carbons (Fsp3) is 0.571. The van der Waals surface area contributed by atoms with Gasteiger partial charge in [0.1, 0.15) is 0 Å². The highest BCUT2D eigenvalue weighted by molar-refractivity contribution is 6.31.